The molecule has 0 bridgehead atoms. The number of fused-ring (bicyclic) bond motifs is 1. The van der Waals surface area contributed by atoms with Crippen molar-refractivity contribution in [1.29, 1.82) is 0 Å². The zero-order valence-electron chi connectivity index (χ0n) is 16.4. The van der Waals surface area contributed by atoms with Crippen LogP contribution in [0.3, 0.4) is 0 Å². The number of hydrogen-bond acceptors (Lipinski definition) is 4. The van der Waals surface area contributed by atoms with Crippen LogP contribution in [0.4, 0.5) is 23.2 Å². The second-order valence-electron chi connectivity index (χ2n) is 8.39. The number of carboxylic acids is 1. The highest BCUT2D eigenvalue weighted by Gasteiger charge is 2.43. The van der Waals surface area contributed by atoms with Gasteiger partial charge in [-0.2, -0.15) is 13.2 Å². The van der Waals surface area contributed by atoms with Gasteiger partial charge < -0.3 is 19.9 Å². The molecular weight excluding hydrogens is 422 g/mol. The molecule has 1 aliphatic heterocycles. The van der Waals surface area contributed by atoms with Gasteiger partial charge in [0.05, 0.1) is 16.7 Å². The smallest absolute Gasteiger partial charge is 0.397 e. The molecule has 1 amide bonds. The summed E-state index contributed by atoms with van der Waals surface area (Å²) in [6.45, 7) is 1.73. The van der Waals surface area contributed by atoms with Gasteiger partial charge in [-0.05, 0) is 31.9 Å². The van der Waals surface area contributed by atoms with E-state index < -0.39 is 46.8 Å². The number of rotatable bonds is 5. The number of aromatic nitrogens is 1. The molecule has 166 valence electrons. The Morgan fingerprint density at radius 2 is 1.90 bits per heavy atom. The SMILES string of the molecule is CC1(NC(=O)CC(F)(F)F)CN(c2cc3c(cc2F)c(=O)c(C(=O)O)cn3C2CC2)C1. The minimum absolute atomic E-state index is 0.0165. The van der Waals surface area contributed by atoms with Crippen LogP contribution in [0.1, 0.15) is 42.6 Å². The highest BCUT2D eigenvalue weighted by Crippen LogP contribution is 2.39. The van der Waals surface area contributed by atoms with Crippen molar-refractivity contribution >= 4 is 28.5 Å². The molecule has 2 fully saturated rings. The number of carboxylic acid groups (broad SMARTS) is 1. The normalized spacial score (nSPS) is 18.0. The van der Waals surface area contributed by atoms with Crippen molar-refractivity contribution < 1.29 is 32.3 Å². The van der Waals surface area contributed by atoms with E-state index in [9.17, 15) is 37.1 Å². The van der Waals surface area contributed by atoms with Crippen molar-refractivity contribution in [3.63, 3.8) is 0 Å². The first-order valence-corrected chi connectivity index (χ1v) is 9.61. The molecule has 1 aromatic carbocycles. The molecule has 7 nitrogen and oxygen atoms in total. The van der Waals surface area contributed by atoms with E-state index in [0.717, 1.165) is 18.9 Å². The lowest BCUT2D eigenvalue weighted by Gasteiger charge is -2.49. The Labute approximate surface area is 173 Å². The number of alkyl halides is 3. The van der Waals surface area contributed by atoms with Crippen LogP contribution >= 0.6 is 0 Å². The van der Waals surface area contributed by atoms with Gasteiger partial charge in [0.25, 0.3) is 0 Å². The molecule has 11 heteroatoms. The average molecular weight is 441 g/mol. The summed E-state index contributed by atoms with van der Waals surface area (Å²) in [5.41, 5.74) is -1.64. The van der Waals surface area contributed by atoms with E-state index in [-0.39, 0.29) is 30.2 Å². The largest absolute Gasteiger partial charge is 0.477 e. The molecule has 0 atom stereocenters. The lowest BCUT2D eigenvalue weighted by Crippen LogP contribution is -2.69. The van der Waals surface area contributed by atoms with Gasteiger partial charge in [-0.1, -0.05) is 0 Å². The van der Waals surface area contributed by atoms with Gasteiger partial charge in [-0.15, -0.1) is 0 Å². The Bertz CT molecular complexity index is 1150. The number of amides is 1. The first-order chi connectivity index (χ1) is 14.4. The monoisotopic (exact) mass is 441 g/mol. The van der Waals surface area contributed by atoms with Crippen LogP contribution in [-0.4, -0.2) is 46.4 Å². The van der Waals surface area contributed by atoms with Crippen LogP contribution in [0.5, 0.6) is 0 Å². The second-order valence-corrected chi connectivity index (χ2v) is 8.39. The summed E-state index contributed by atoms with van der Waals surface area (Å²) in [6.07, 6.45) is -3.33. The van der Waals surface area contributed by atoms with Crippen molar-refractivity contribution in [3.8, 4) is 0 Å². The van der Waals surface area contributed by atoms with Crippen LogP contribution in [0.15, 0.2) is 23.1 Å². The summed E-state index contributed by atoms with van der Waals surface area (Å²) in [7, 11) is 0. The number of aromatic carboxylic acids is 1. The zero-order chi connectivity index (χ0) is 22.7. The number of nitrogens with one attached hydrogen (secondary N) is 1. The summed E-state index contributed by atoms with van der Waals surface area (Å²) in [5.74, 6) is -3.30. The number of benzene rings is 1. The highest BCUT2D eigenvalue weighted by atomic mass is 19.4. The molecule has 0 unspecified atom stereocenters. The van der Waals surface area contributed by atoms with Gasteiger partial charge in [0.1, 0.15) is 17.8 Å². The molecule has 1 aliphatic carbocycles. The van der Waals surface area contributed by atoms with Gasteiger partial charge in [0.2, 0.25) is 11.3 Å². The van der Waals surface area contributed by atoms with Crippen LogP contribution in [0, 0.1) is 5.82 Å². The highest BCUT2D eigenvalue weighted by molar-refractivity contribution is 5.93. The Hall–Kier alpha value is -3.11. The third kappa shape index (κ3) is 4.08. The van der Waals surface area contributed by atoms with Crippen molar-refractivity contribution in [3.05, 3.63) is 39.9 Å². The van der Waals surface area contributed by atoms with Gasteiger partial charge in [-0.25, -0.2) is 9.18 Å². The minimum atomic E-state index is -4.62. The number of hydrogen-bond donors (Lipinski definition) is 2. The molecule has 1 aromatic heterocycles. The number of halogens is 4. The second kappa shape index (κ2) is 6.96. The summed E-state index contributed by atoms with van der Waals surface area (Å²) in [4.78, 5) is 37.1. The fraction of sp³-hybridized carbons (Fsp3) is 0.450. The molecule has 0 radical (unpaired) electrons. The number of anilines is 1. The van der Waals surface area contributed by atoms with E-state index in [1.54, 1.807) is 16.4 Å². The van der Waals surface area contributed by atoms with E-state index in [0.29, 0.717) is 5.52 Å². The lowest BCUT2D eigenvalue weighted by molar-refractivity contribution is -0.155. The maximum absolute atomic E-state index is 14.8. The summed E-state index contributed by atoms with van der Waals surface area (Å²) in [5, 5.41) is 11.6. The molecule has 1 saturated heterocycles. The first kappa shape index (κ1) is 21.1. The summed E-state index contributed by atoms with van der Waals surface area (Å²) < 4.78 is 53.6. The van der Waals surface area contributed by atoms with Crippen LogP contribution in [-0.2, 0) is 4.79 Å². The van der Waals surface area contributed by atoms with Gasteiger partial charge in [0.15, 0.2) is 0 Å². The van der Waals surface area contributed by atoms with Crippen LogP contribution in [0.2, 0.25) is 0 Å². The predicted octanol–water partition coefficient (Wildman–Crippen LogP) is 2.82. The van der Waals surface area contributed by atoms with E-state index in [4.69, 9.17) is 0 Å². The van der Waals surface area contributed by atoms with Crippen molar-refractivity contribution in [2.45, 2.75) is 43.9 Å². The number of carbonyl (C=O) groups excluding carboxylic acids is 1. The molecule has 2 aliphatic rings. The molecule has 2 heterocycles. The molecule has 2 aromatic rings. The standard InChI is InChI=1S/C20H19F4N3O4/c1-19(25-16(28)6-20(22,23)24)8-26(9-19)15-5-14-11(4-13(15)21)17(29)12(18(30)31)7-27(14)10-2-3-10/h4-5,7,10H,2-3,6,8-9H2,1H3,(H,25,28)(H,30,31). The molecule has 4 rings (SSSR count). The van der Waals surface area contributed by atoms with Crippen molar-refractivity contribution in [2.24, 2.45) is 0 Å². The fourth-order valence-corrected chi connectivity index (χ4v) is 4.02. The van der Waals surface area contributed by atoms with Gasteiger partial charge >= 0.3 is 12.1 Å². The number of carbonyl (C=O) groups is 2. The summed E-state index contributed by atoms with van der Waals surface area (Å²) in [6, 6.07) is 2.46. The van der Waals surface area contributed by atoms with E-state index in [1.807, 2.05) is 0 Å². The molecule has 1 saturated carbocycles. The Morgan fingerprint density at radius 1 is 1.26 bits per heavy atom. The molecule has 31 heavy (non-hydrogen) atoms. The first-order valence-electron chi connectivity index (χ1n) is 9.61. The van der Waals surface area contributed by atoms with E-state index in [2.05, 4.69) is 5.32 Å². The Kier molecular flexibility index (Phi) is 4.74. The van der Waals surface area contributed by atoms with E-state index >= 15 is 0 Å². The molecule has 0 spiro atoms. The van der Waals surface area contributed by atoms with Gasteiger partial charge in [0, 0.05) is 30.7 Å². The summed E-state index contributed by atoms with van der Waals surface area (Å²) >= 11 is 0. The topological polar surface area (TPSA) is 91.6 Å². The third-order valence-electron chi connectivity index (χ3n) is 5.49. The van der Waals surface area contributed by atoms with Crippen molar-refractivity contribution in [1.82, 2.24) is 9.88 Å². The van der Waals surface area contributed by atoms with Crippen LogP contribution < -0.4 is 15.6 Å². The third-order valence-corrected chi connectivity index (χ3v) is 5.49. The minimum Gasteiger partial charge on any atom is -0.477 e. The Balaban J connectivity index is 1.63. The number of nitrogens with zero attached hydrogens (tertiary/aromatic N) is 2. The molecule has 2 N–H and O–H groups in total. The maximum Gasteiger partial charge on any atom is 0.397 e. The average Bonchev–Trinajstić information content (AvgIpc) is 3.43. The van der Waals surface area contributed by atoms with Crippen molar-refractivity contribution in [2.75, 3.05) is 18.0 Å². The van der Waals surface area contributed by atoms with E-state index in [1.165, 1.54) is 12.3 Å². The maximum atomic E-state index is 14.8. The lowest BCUT2D eigenvalue weighted by atomic mass is 9.91. The molecular formula is C20H19F4N3O4. The fourth-order valence-electron chi connectivity index (χ4n) is 4.02. The number of pyridine rings is 1. The zero-order valence-corrected chi connectivity index (χ0v) is 16.4. The van der Waals surface area contributed by atoms with Gasteiger partial charge in [-0.3, -0.25) is 9.59 Å². The Morgan fingerprint density at radius 3 is 2.45 bits per heavy atom. The van der Waals surface area contributed by atoms with Crippen LogP contribution in [0.25, 0.3) is 10.9 Å². The predicted molar refractivity (Wildman–Crippen MR) is 103 cm³/mol. The quantitative estimate of drug-likeness (QED) is 0.697.